The standard InChI is InChI=1S/C18H24BrNO3/c1-12(21)11-15-9-10-16(13-5-7-14(19)8-6-13)20(15)17(22)23-18(2,3)4/h5-8,15-16H,9-11H2,1-4H3/t15-,16+/m0/s1. The molecule has 1 aliphatic rings. The minimum absolute atomic E-state index is 0.0395. The van der Waals surface area contributed by atoms with Crippen molar-refractivity contribution in [2.45, 2.75) is 64.6 Å². The number of ether oxygens (including phenoxy) is 1. The van der Waals surface area contributed by atoms with Gasteiger partial charge in [0.2, 0.25) is 0 Å². The third-order valence-corrected chi connectivity index (χ3v) is 4.41. The lowest BCUT2D eigenvalue weighted by atomic mass is 10.0. The average molecular weight is 382 g/mol. The second-order valence-electron chi connectivity index (χ2n) is 7.09. The molecular formula is C18H24BrNO3. The number of carbonyl (C=O) groups is 2. The molecule has 126 valence electrons. The second kappa shape index (κ2) is 7.04. The highest BCUT2D eigenvalue weighted by Gasteiger charge is 2.40. The van der Waals surface area contributed by atoms with E-state index >= 15 is 0 Å². The number of likely N-dealkylation sites (tertiary alicyclic amines) is 1. The van der Waals surface area contributed by atoms with E-state index in [4.69, 9.17) is 4.74 Å². The molecule has 0 bridgehead atoms. The van der Waals surface area contributed by atoms with Crippen molar-refractivity contribution in [1.82, 2.24) is 4.90 Å². The van der Waals surface area contributed by atoms with Crippen LogP contribution in [0.4, 0.5) is 4.79 Å². The molecule has 1 heterocycles. The molecule has 4 nitrogen and oxygen atoms in total. The Hall–Kier alpha value is -1.36. The first-order chi connectivity index (χ1) is 10.7. The van der Waals surface area contributed by atoms with Crippen molar-refractivity contribution in [3.63, 3.8) is 0 Å². The summed E-state index contributed by atoms with van der Waals surface area (Å²) in [6.07, 6.45) is 1.71. The number of Topliss-reactive ketones (excluding diaryl/α,β-unsaturated/α-hetero) is 1. The van der Waals surface area contributed by atoms with Gasteiger partial charge < -0.3 is 4.74 Å². The normalized spacial score (nSPS) is 21.3. The van der Waals surface area contributed by atoms with E-state index in [9.17, 15) is 9.59 Å². The van der Waals surface area contributed by atoms with Gasteiger partial charge in [-0.2, -0.15) is 0 Å². The average Bonchev–Trinajstić information content (AvgIpc) is 2.80. The molecule has 0 N–H and O–H groups in total. The maximum absolute atomic E-state index is 12.7. The number of hydrogen-bond donors (Lipinski definition) is 0. The fraction of sp³-hybridized carbons (Fsp3) is 0.556. The number of rotatable bonds is 3. The Balaban J connectivity index is 2.27. The van der Waals surface area contributed by atoms with E-state index in [1.54, 1.807) is 11.8 Å². The SMILES string of the molecule is CC(=O)C[C@@H]1CC[C@H](c2ccc(Br)cc2)N1C(=O)OC(C)(C)C. The Morgan fingerprint density at radius 2 is 1.83 bits per heavy atom. The molecule has 0 saturated carbocycles. The van der Waals surface area contributed by atoms with Crippen LogP contribution >= 0.6 is 15.9 Å². The van der Waals surface area contributed by atoms with Gasteiger partial charge in [0.05, 0.1) is 6.04 Å². The van der Waals surface area contributed by atoms with Crippen molar-refractivity contribution in [3.8, 4) is 0 Å². The molecule has 0 radical (unpaired) electrons. The monoisotopic (exact) mass is 381 g/mol. The molecule has 5 heteroatoms. The summed E-state index contributed by atoms with van der Waals surface area (Å²) in [5.74, 6) is 0.0972. The van der Waals surface area contributed by atoms with Crippen molar-refractivity contribution in [2.24, 2.45) is 0 Å². The number of carbonyl (C=O) groups excluding carboxylic acids is 2. The van der Waals surface area contributed by atoms with Crippen molar-refractivity contribution in [1.29, 1.82) is 0 Å². The van der Waals surface area contributed by atoms with Gasteiger partial charge in [-0.15, -0.1) is 0 Å². The van der Waals surface area contributed by atoms with Crippen molar-refractivity contribution < 1.29 is 14.3 Å². The Bertz CT molecular complexity index is 577. The summed E-state index contributed by atoms with van der Waals surface area (Å²) in [6.45, 7) is 7.14. The number of hydrogen-bond acceptors (Lipinski definition) is 3. The highest BCUT2D eigenvalue weighted by atomic mass is 79.9. The van der Waals surface area contributed by atoms with Crippen LogP contribution in [0.2, 0.25) is 0 Å². The van der Waals surface area contributed by atoms with Gasteiger partial charge in [-0.1, -0.05) is 28.1 Å². The zero-order valence-corrected chi connectivity index (χ0v) is 15.7. The maximum Gasteiger partial charge on any atom is 0.411 e. The number of amides is 1. The van der Waals surface area contributed by atoms with Crippen LogP contribution in [-0.2, 0) is 9.53 Å². The molecule has 0 aromatic heterocycles. The minimum Gasteiger partial charge on any atom is -0.444 e. The summed E-state index contributed by atoms with van der Waals surface area (Å²) in [5.41, 5.74) is 0.523. The van der Waals surface area contributed by atoms with Crippen LogP contribution in [-0.4, -0.2) is 28.4 Å². The summed E-state index contributed by atoms with van der Waals surface area (Å²) in [6, 6.07) is 7.85. The molecule has 1 aromatic carbocycles. The Morgan fingerprint density at radius 1 is 1.22 bits per heavy atom. The van der Waals surface area contributed by atoms with Gasteiger partial charge in [0.25, 0.3) is 0 Å². The first kappa shape index (κ1) is 18.0. The fourth-order valence-corrected chi connectivity index (χ4v) is 3.28. The highest BCUT2D eigenvalue weighted by Crippen LogP contribution is 2.38. The fourth-order valence-electron chi connectivity index (χ4n) is 3.02. The molecule has 1 aliphatic heterocycles. The second-order valence-corrected chi connectivity index (χ2v) is 8.01. The predicted molar refractivity (Wildman–Crippen MR) is 93.3 cm³/mol. The van der Waals surface area contributed by atoms with Gasteiger partial charge in [0.1, 0.15) is 11.4 Å². The first-order valence-corrected chi connectivity index (χ1v) is 8.73. The van der Waals surface area contributed by atoms with Gasteiger partial charge in [-0.05, 0) is 58.2 Å². The maximum atomic E-state index is 12.7. The molecule has 0 aliphatic carbocycles. The summed E-state index contributed by atoms with van der Waals surface area (Å²) in [5, 5.41) is 0. The van der Waals surface area contributed by atoms with Gasteiger partial charge in [0, 0.05) is 16.9 Å². The zero-order valence-electron chi connectivity index (χ0n) is 14.1. The lowest BCUT2D eigenvalue weighted by Crippen LogP contribution is -2.41. The Labute approximate surface area is 146 Å². The molecule has 1 aromatic rings. The molecule has 2 rings (SSSR count). The number of nitrogens with zero attached hydrogens (tertiary/aromatic N) is 1. The molecule has 0 unspecified atom stereocenters. The molecule has 1 fully saturated rings. The topological polar surface area (TPSA) is 46.6 Å². The Morgan fingerprint density at radius 3 is 2.35 bits per heavy atom. The van der Waals surface area contributed by atoms with E-state index in [0.717, 1.165) is 22.9 Å². The van der Waals surface area contributed by atoms with Gasteiger partial charge in [-0.3, -0.25) is 9.69 Å². The number of ketones is 1. The van der Waals surface area contributed by atoms with Crippen molar-refractivity contribution >= 4 is 27.8 Å². The third kappa shape index (κ3) is 4.80. The van der Waals surface area contributed by atoms with Gasteiger partial charge >= 0.3 is 6.09 Å². The van der Waals surface area contributed by atoms with E-state index in [2.05, 4.69) is 15.9 Å². The van der Waals surface area contributed by atoms with Crippen molar-refractivity contribution in [3.05, 3.63) is 34.3 Å². The van der Waals surface area contributed by atoms with Crippen LogP contribution in [0.5, 0.6) is 0 Å². The van der Waals surface area contributed by atoms with Crippen LogP contribution < -0.4 is 0 Å². The molecular weight excluding hydrogens is 358 g/mol. The third-order valence-electron chi connectivity index (χ3n) is 3.88. The van der Waals surface area contributed by atoms with Gasteiger partial charge in [-0.25, -0.2) is 4.79 Å². The van der Waals surface area contributed by atoms with E-state index in [1.807, 2.05) is 45.0 Å². The summed E-state index contributed by atoms with van der Waals surface area (Å²) < 4.78 is 6.58. The molecule has 1 amide bonds. The van der Waals surface area contributed by atoms with Gasteiger partial charge in [0.15, 0.2) is 0 Å². The molecule has 23 heavy (non-hydrogen) atoms. The van der Waals surface area contributed by atoms with E-state index in [0.29, 0.717) is 6.42 Å². The number of halogens is 1. The molecule has 2 atom stereocenters. The highest BCUT2D eigenvalue weighted by molar-refractivity contribution is 9.10. The minimum atomic E-state index is -0.551. The molecule has 1 saturated heterocycles. The summed E-state index contributed by atoms with van der Waals surface area (Å²) >= 11 is 3.43. The smallest absolute Gasteiger partial charge is 0.411 e. The van der Waals surface area contributed by atoms with E-state index < -0.39 is 5.60 Å². The van der Waals surface area contributed by atoms with Crippen LogP contribution in [0.3, 0.4) is 0 Å². The lowest BCUT2D eigenvalue weighted by molar-refractivity contribution is -0.118. The van der Waals surface area contributed by atoms with Crippen molar-refractivity contribution in [2.75, 3.05) is 0 Å². The van der Waals surface area contributed by atoms with E-state index in [1.165, 1.54) is 0 Å². The van der Waals surface area contributed by atoms with Crippen LogP contribution in [0.1, 0.15) is 58.6 Å². The largest absolute Gasteiger partial charge is 0.444 e. The quantitative estimate of drug-likeness (QED) is 0.750. The lowest BCUT2D eigenvalue weighted by Gasteiger charge is -2.32. The summed E-state index contributed by atoms with van der Waals surface area (Å²) in [7, 11) is 0. The summed E-state index contributed by atoms with van der Waals surface area (Å²) in [4.78, 5) is 26.0. The predicted octanol–water partition coefficient (Wildman–Crippen LogP) is 4.87. The zero-order chi connectivity index (χ0) is 17.2. The first-order valence-electron chi connectivity index (χ1n) is 7.93. The Kier molecular flexibility index (Phi) is 5.50. The number of benzene rings is 1. The molecule has 0 spiro atoms. The van der Waals surface area contributed by atoms with Crippen LogP contribution in [0.15, 0.2) is 28.7 Å². The van der Waals surface area contributed by atoms with Crippen LogP contribution in [0.25, 0.3) is 0 Å². The van der Waals surface area contributed by atoms with Crippen LogP contribution in [0, 0.1) is 0 Å². The van der Waals surface area contributed by atoms with E-state index in [-0.39, 0.29) is 24.0 Å².